The maximum absolute atomic E-state index is 10.6. The van der Waals surface area contributed by atoms with Crippen molar-refractivity contribution in [3.63, 3.8) is 0 Å². The molecule has 0 aromatic carbocycles. The van der Waals surface area contributed by atoms with Gasteiger partial charge in [-0.15, -0.1) is 0 Å². The molecule has 0 amide bonds. The van der Waals surface area contributed by atoms with Gasteiger partial charge < -0.3 is 0 Å². The van der Waals surface area contributed by atoms with E-state index in [1.807, 2.05) is 0 Å². The number of primary sulfonamides is 1. The van der Waals surface area contributed by atoms with Crippen molar-refractivity contribution in [3.05, 3.63) is 23.1 Å². The average Bonchev–Trinajstić information content (AvgIpc) is 1.80. The van der Waals surface area contributed by atoms with Gasteiger partial charge >= 0.3 is 0 Å². The first-order valence-corrected chi connectivity index (χ1v) is 4.38. The number of hydrogen-bond acceptors (Lipinski definition) is 2. The summed E-state index contributed by atoms with van der Waals surface area (Å²) in [4.78, 5) is 0.148. The predicted octanol–water partition coefficient (Wildman–Crippen LogP) is 0.755. The van der Waals surface area contributed by atoms with E-state index in [-0.39, 0.29) is 4.91 Å². The Morgan fingerprint density at radius 1 is 1.40 bits per heavy atom. The quantitative estimate of drug-likeness (QED) is 0.608. The lowest BCUT2D eigenvalue weighted by Gasteiger charge is -1.94. The highest BCUT2D eigenvalue weighted by Crippen LogP contribution is 2.01. The number of hydrogen-bond donors (Lipinski definition) is 1. The molecule has 0 unspecified atom stereocenters. The second-order valence-electron chi connectivity index (χ2n) is 1.74. The number of nitrogens with two attached hydrogens (primary N) is 1. The average molecular weight is 161 g/mol. The van der Waals surface area contributed by atoms with Gasteiger partial charge in [0, 0.05) is 0 Å². The van der Waals surface area contributed by atoms with E-state index >= 15 is 0 Å². The third kappa shape index (κ3) is 2.80. The largest absolute Gasteiger partial charge is 0.237 e. The zero-order chi connectivity index (χ0) is 8.20. The molecular formula is C6H11NO2S. The highest BCUT2D eigenvalue weighted by molar-refractivity contribution is 7.93. The normalized spacial score (nSPS) is 14.5. The van der Waals surface area contributed by atoms with E-state index < -0.39 is 10.0 Å². The molecule has 0 radical (unpaired) electrons. The van der Waals surface area contributed by atoms with E-state index in [0.717, 1.165) is 0 Å². The molecule has 0 spiro atoms. The summed E-state index contributed by atoms with van der Waals surface area (Å²) < 4.78 is 21.2. The molecule has 0 atom stereocenters. The lowest BCUT2D eigenvalue weighted by Crippen LogP contribution is -2.12. The molecule has 3 nitrogen and oxygen atoms in total. The van der Waals surface area contributed by atoms with Crippen LogP contribution in [0.5, 0.6) is 0 Å². The Kier molecular flexibility index (Phi) is 3.32. The molecule has 0 rings (SSSR count). The van der Waals surface area contributed by atoms with Crippen LogP contribution < -0.4 is 5.14 Å². The van der Waals surface area contributed by atoms with Crippen LogP contribution in [0.4, 0.5) is 0 Å². The fraction of sp³-hybridized carbons (Fsp3) is 0.333. The van der Waals surface area contributed by atoms with Crippen LogP contribution in [0.15, 0.2) is 23.1 Å². The summed E-state index contributed by atoms with van der Waals surface area (Å²) in [6.07, 6.45) is 4.53. The van der Waals surface area contributed by atoms with Gasteiger partial charge in [-0.1, -0.05) is 12.2 Å². The van der Waals surface area contributed by atoms with Gasteiger partial charge in [-0.25, -0.2) is 13.6 Å². The van der Waals surface area contributed by atoms with Crippen molar-refractivity contribution in [3.8, 4) is 0 Å². The summed E-state index contributed by atoms with van der Waals surface area (Å²) in [7, 11) is -3.50. The maximum Gasteiger partial charge on any atom is 0.237 e. The Hall–Kier alpha value is -0.610. The van der Waals surface area contributed by atoms with Crippen LogP contribution in [-0.2, 0) is 10.0 Å². The summed E-state index contributed by atoms with van der Waals surface area (Å²) in [5.74, 6) is 0. The molecule has 0 saturated carbocycles. The number of sulfonamides is 1. The van der Waals surface area contributed by atoms with Gasteiger partial charge in [0.15, 0.2) is 0 Å². The Morgan fingerprint density at radius 3 is 2.00 bits per heavy atom. The second kappa shape index (κ2) is 3.53. The van der Waals surface area contributed by atoms with Gasteiger partial charge in [0.1, 0.15) is 0 Å². The van der Waals surface area contributed by atoms with Gasteiger partial charge in [0.2, 0.25) is 10.0 Å². The third-order valence-corrected chi connectivity index (χ3v) is 1.97. The van der Waals surface area contributed by atoms with Crippen LogP contribution in [0, 0.1) is 0 Å². The smallest absolute Gasteiger partial charge is 0.225 e. The molecule has 0 saturated heterocycles. The summed E-state index contributed by atoms with van der Waals surface area (Å²) in [5.41, 5.74) is 0. The van der Waals surface area contributed by atoms with Gasteiger partial charge in [-0.3, -0.25) is 0 Å². The molecule has 58 valence electrons. The van der Waals surface area contributed by atoms with Crippen LogP contribution in [0.3, 0.4) is 0 Å². The Morgan fingerprint density at radius 2 is 1.90 bits per heavy atom. The van der Waals surface area contributed by atoms with Crippen LogP contribution in [-0.4, -0.2) is 8.42 Å². The molecule has 0 bridgehead atoms. The van der Waals surface area contributed by atoms with Gasteiger partial charge in [0.25, 0.3) is 0 Å². The summed E-state index contributed by atoms with van der Waals surface area (Å²) in [6, 6.07) is 0. The van der Waals surface area contributed by atoms with Crippen molar-refractivity contribution in [1.82, 2.24) is 0 Å². The lowest BCUT2D eigenvalue weighted by atomic mass is 10.4. The van der Waals surface area contributed by atoms with E-state index in [2.05, 4.69) is 0 Å². The fourth-order valence-corrected chi connectivity index (χ4v) is 1.17. The predicted molar refractivity (Wildman–Crippen MR) is 41.7 cm³/mol. The minimum absolute atomic E-state index is 0.148. The van der Waals surface area contributed by atoms with Crippen molar-refractivity contribution in [2.24, 2.45) is 5.14 Å². The van der Waals surface area contributed by atoms with E-state index in [0.29, 0.717) is 0 Å². The zero-order valence-corrected chi connectivity index (χ0v) is 6.85. The molecule has 0 aliphatic heterocycles. The Balaban J connectivity index is 4.75. The van der Waals surface area contributed by atoms with E-state index in [9.17, 15) is 8.42 Å². The molecule has 0 aromatic heterocycles. The minimum atomic E-state index is -3.50. The number of rotatable bonds is 2. The molecule has 0 fully saturated rings. The molecule has 2 N–H and O–H groups in total. The Bertz CT molecular complexity index is 249. The SMILES string of the molecule is CC=CC(=CC)S(N)(=O)=O. The standard InChI is InChI=1S/C6H11NO2S/c1-3-5-6(4-2)10(7,8)9/h3-5H,1-2H3,(H2,7,8,9). The first-order valence-electron chi connectivity index (χ1n) is 2.84. The monoisotopic (exact) mass is 161 g/mol. The highest BCUT2D eigenvalue weighted by atomic mass is 32.2. The Labute approximate surface area is 61.3 Å². The van der Waals surface area contributed by atoms with Crippen LogP contribution >= 0.6 is 0 Å². The van der Waals surface area contributed by atoms with E-state index in [1.54, 1.807) is 19.9 Å². The molecule has 0 aliphatic rings. The van der Waals surface area contributed by atoms with Crippen molar-refractivity contribution >= 4 is 10.0 Å². The maximum atomic E-state index is 10.6. The summed E-state index contributed by atoms with van der Waals surface area (Å²) in [6.45, 7) is 3.36. The fourth-order valence-electron chi connectivity index (χ4n) is 0.520. The van der Waals surface area contributed by atoms with E-state index in [4.69, 9.17) is 5.14 Å². The second-order valence-corrected chi connectivity index (χ2v) is 3.30. The number of allylic oxidation sites excluding steroid dienone is 3. The van der Waals surface area contributed by atoms with Crippen molar-refractivity contribution in [1.29, 1.82) is 0 Å². The molecular weight excluding hydrogens is 150 g/mol. The first kappa shape index (κ1) is 9.39. The summed E-state index contributed by atoms with van der Waals surface area (Å²) in [5, 5.41) is 4.83. The van der Waals surface area contributed by atoms with E-state index in [1.165, 1.54) is 12.2 Å². The highest BCUT2D eigenvalue weighted by Gasteiger charge is 2.04. The van der Waals surface area contributed by atoms with Crippen molar-refractivity contribution in [2.75, 3.05) is 0 Å². The molecule has 4 heteroatoms. The van der Waals surface area contributed by atoms with Crippen LogP contribution in [0.1, 0.15) is 13.8 Å². The molecule has 0 aliphatic carbocycles. The van der Waals surface area contributed by atoms with Gasteiger partial charge in [0.05, 0.1) is 4.91 Å². The van der Waals surface area contributed by atoms with Crippen LogP contribution in [0.2, 0.25) is 0 Å². The minimum Gasteiger partial charge on any atom is -0.225 e. The van der Waals surface area contributed by atoms with Crippen molar-refractivity contribution < 1.29 is 8.42 Å². The van der Waals surface area contributed by atoms with Crippen molar-refractivity contribution in [2.45, 2.75) is 13.8 Å². The van der Waals surface area contributed by atoms with Crippen LogP contribution in [0.25, 0.3) is 0 Å². The summed E-state index contributed by atoms with van der Waals surface area (Å²) >= 11 is 0. The third-order valence-electron chi connectivity index (χ3n) is 0.944. The molecule has 0 aromatic rings. The topological polar surface area (TPSA) is 60.2 Å². The molecule has 0 heterocycles. The van der Waals surface area contributed by atoms with Gasteiger partial charge in [-0.05, 0) is 19.9 Å². The van der Waals surface area contributed by atoms with Gasteiger partial charge in [-0.2, -0.15) is 0 Å². The zero-order valence-electron chi connectivity index (χ0n) is 6.03. The lowest BCUT2D eigenvalue weighted by molar-refractivity contribution is 0.604. The molecule has 10 heavy (non-hydrogen) atoms. The first-order chi connectivity index (χ1) is 4.52.